The smallest absolute Gasteiger partial charge is 0.407 e. The van der Waals surface area contributed by atoms with E-state index in [4.69, 9.17) is 9.84 Å². The Labute approximate surface area is 203 Å². The highest BCUT2D eigenvalue weighted by atomic mass is 16.5. The minimum atomic E-state index is -1.08. The largest absolute Gasteiger partial charge is 0.481 e. The first-order valence-electron chi connectivity index (χ1n) is 11.4. The summed E-state index contributed by atoms with van der Waals surface area (Å²) in [5.41, 5.74) is 6.29. The number of nitrogens with zero attached hydrogens (tertiary/aromatic N) is 1. The Morgan fingerprint density at radius 2 is 1.60 bits per heavy atom. The molecule has 8 heteroatoms. The van der Waals surface area contributed by atoms with Crippen LogP contribution < -0.4 is 10.6 Å². The van der Waals surface area contributed by atoms with Crippen molar-refractivity contribution in [3.63, 3.8) is 0 Å². The molecule has 35 heavy (non-hydrogen) atoms. The molecule has 0 aliphatic heterocycles. The predicted molar refractivity (Wildman–Crippen MR) is 131 cm³/mol. The maximum Gasteiger partial charge on any atom is 0.407 e. The number of fused-ring (bicyclic) bond motifs is 3. The van der Waals surface area contributed by atoms with Gasteiger partial charge in [-0.1, -0.05) is 48.5 Å². The molecule has 1 aromatic heterocycles. The van der Waals surface area contributed by atoms with Crippen LogP contribution in [0.3, 0.4) is 0 Å². The molecule has 3 N–H and O–H groups in total. The van der Waals surface area contributed by atoms with Gasteiger partial charge in [-0.2, -0.15) is 0 Å². The Balaban J connectivity index is 1.43. The number of hydrogen-bond acceptors (Lipinski definition) is 5. The Bertz CT molecular complexity index is 1230. The van der Waals surface area contributed by atoms with Gasteiger partial charge in [0.1, 0.15) is 12.6 Å². The van der Waals surface area contributed by atoms with Crippen molar-refractivity contribution in [1.82, 2.24) is 10.3 Å². The van der Waals surface area contributed by atoms with Crippen LogP contribution in [0.5, 0.6) is 0 Å². The number of ether oxygens (including phenoxy) is 1. The number of aryl methyl sites for hydroxylation is 2. The summed E-state index contributed by atoms with van der Waals surface area (Å²) in [5, 5.41) is 14.4. The average molecular weight is 474 g/mol. The second-order valence-electron chi connectivity index (χ2n) is 8.53. The van der Waals surface area contributed by atoms with Crippen molar-refractivity contribution in [3.8, 4) is 11.1 Å². The molecule has 0 saturated heterocycles. The van der Waals surface area contributed by atoms with Gasteiger partial charge in [-0.05, 0) is 54.7 Å². The minimum absolute atomic E-state index is 0.0797. The van der Waals surface area contributed by atoms with Crippen molar-refractivity contribution < 1.29 is 24.2 Å². The molecule has 1 aliphatic rings. The third-order valence-corrected chi connectivity index (χ3v) is 6.08. The van der Waals surface area contributed by atoms with Crippen LogP contribution in [0, 0.1) is 13.8 Å². The highest BCUT2D eigenvalue weighted by Gasteiger charge is 2.30. The van der Waals surface area contributed by atoms with Crippen molar-refractivity contribution in [2.24, 2.45) is 0 Å². The topological polar surface area (TPSA) is 118 Å². The summed E-state index contributed by atoms with van der Waals surface area (Å²) in [6.45, 7) is 3.69. The molecule has 4 rings (SSSR count). The van der Waals surface area contributed by atoms with Crippen LogP contribution in [0.15, 0.2) is 60.7 Å². The Morgan fingerprint density at radius 3 is 2.20 bits per heavy atom. The minimum Gasteiger partial charge on any atom is -0.481 e. The van der Waals surface area contributed by atoms with Gasteiger partial charge in [0.15, 0.2) is 0 Å². The van der Waals surface area contributed by atoms with Crippen molar-refractivity contribution in [2.45, 2.75) is 38.6 Å². The zero-order valence-electron chi connectivity index (χ0n) is 19.6. The third kappa shape index (κ3) is 5.48. The Hall–Kier alpha value is -4.20. The van der Waals surface area contributed by atoms with E-state index in [-0.39, 0.29) is 25.4 Å². The van der Waals surface area contributed by atoms with E-state index >= 15 is 0 Å². The molecule has 1 atom stereocenters. The van der Waals surface area contributed by atoms with Gasteiger partial charge in [-0.3, -0.25) is 14.6 Å². The van der Waals surface area contributed by atoms with Crippen LogP contribution in [0.25, 0.3) is 11.1 Å². The van der Waals surface area contributed by atoms with E-state index in [1.165, 1.54) is 0 Å². The number of alkyl carbamates (subject to hydrolysis) is 1. The third-order valence-electron chi connectivity index (χ3n) is 6.08. The number of pyridine rings is 1. The zero-order valence-corrected chi connectivity index (χ0v) is 19.6. The summed E-state index contributed by atoms with van der Waals surface area (Å²) in [6.07, 6.45) is -1.15. The summed E-state index contributed by atoms with van der Waals surface area (Å²) in [5.74, 6) is -1.72. The Kier molecular flexibility index (Phi) is 7.10. The molecule has 1 unspecified atom stereocenters. The van der Waals surface area contributed by atoms with E-state index in [0.29, 0.717) is 11.4 Å². The molecule has 180 valence electrons. The molecule has 1 heterocycles. The number of benzene rings is 2. The van der Waals surface area contributed by atoms with Crippen LogP contribution in [-0.4, -0.2) is 40.7 Å². The summed E-state index contributed by atoms with van der Waals surface area (Å²) >= 11 is 0. The number of hydrogen-bond donors (Lipinski definition) is 3. The second kappa shape index (κ2) is 10.4. The van der Waals surface area contributed by atoms with Crippen molar-refractivity contribution in [3.05, 3.63) is 83.2 Å². The first-order valence-corrected chi connectivity index (χ1v) is 11.4. The number of aliphatic carboxylic acids is 1. The summed E-state index contributed by atoms with van der Waals surface area (Å²) in [7, 11) is 0. The van der Waals surface area contributed by atoms with Crippen LogP contribution in [-0.2, 0) is 14.3 Å². The van der Waals surface area contributed by atoms with E-state index in [0.717, 1.165) is 27.9 Å². The SMILES string of the molecule is Cc1ccc(NC(=O)C(CCC(=O)O)NC(=O)OCC2c3ccccc3-c3ccccc32)c(C)n1. The van der Waals surface area contributed by atoms with Gasteiger partial charge in [-0.25, -0.2) is 4.79 Å². The number of aromatic nitrogens is 1. The fourth-order valence-corrected chi connectivity index (χ4v) is 4.36. The fourth-order valence-electron chi connectivity index (χ4n) is 4.36. The van der Waals surface area contributed by atoms with Crippen LogP contribution in [0.4, 0.5) is 10.5 Å². The maximum atomic E-state index is 12.9. The monoisotopic (exact) mass is 473 g/mol. The molecule has 2 amide bonds. The van der Waals surface area contributed by atoms with Gasteiger partial charge in [0.25, 0.3) is 0 Å². The number of nitrogens with one attached hydrogen (secondary N) is 2. The molecule has 8 nitrogen and oxygen atoms in total. The van der Waals surface area contributed by atoms with Gasteiger partial charge in [0.2, 0.25) is 5.91 Å². The molecule has 1 aliphatic carbocycles. The molecule has 3 aromatic rings. The molecular formula is C27H27N3O5. The quantitative estimate of drug-likeness (QED) is 0.446. The normalized spacial score (nSPS) is 12.9. The average Bonchev–Trinajstić information content (AvgIpc) is 3.15. The van der Waals surface area contributed by atoms with Gasteiger partial charge in [0, 0.05) is 18.0 Å². The summed E-state index contributed by atoms with van der Waals surface area (Å²) < 4.78 is 5.53. The van der Waals surface area contributed by atoms with Gasteiger partial charge in [-0.15, -0.1) is 0 Å². The van der Waals surface area contributed by atoms with E-state index in [1.54, 1.807) is 19.1 Å². The van der Waals surface area contributed by atoms with Crippen LogP contribution in [0.2, 0.25) is 0 Å². The highest BCUT2D eigenvalue weighted by molar-refractivity contribution is 5.97. The van der Waals surface area contributed by atoms with Gasteiger partial charge < -0.3 is 20.5 Å². The van der Waals surface area contributed by atoms with E-state index in [2.05, 4.69) is 15.6 Å². The van der Waals surface area contributed by atoms with Crippen LogP contribution in [0.1, 0.15) is 41.3 Å². The first kappa shape index (κ1) is 23.9. The number of carbonyl (C=O) groups is 3. The molecule has 0 radical (unpaired) electrons. The maximum absolute atomic E-state index is 12.9. The van der Waals surface area contributed by atoms with Gasteiger partial charge >= 0.3 is 12.1 Å². The zero-order chi connectivity index (χ0) is 24.9. The first-order chi connectivity index (χ1) is 16.8. The number of anilines is 1. The second-order valence-corrected chi connectivity index (χ2v) is 8.53. The standard InChI is InChI=1S/C27H27N3O5/c1-16-11-12-23(17(2)28-16)29-26(33)24(13-14-25(31)32)30-27(34)35-15-22-20-9-5-3-7-18(20)19-8-4-6-10-21(19)22/h3-12,22,24H,13-15H2,1-2H3,(H,29,33)(H,30,34)(H,31,32). The summed E-state index contributed by atoms with van der Waals surface area (Å²) in [4.78, 5) is 41.0. The molecule has 2 aromatic carbocycles. The lowest BCUT2D eigenvalue weighted by Gasteiger charge is -2.20. The predicted octanol–water partition coefficient (Wildman–Crippen LogP) is 4.41. The van der Waals surface area contributed by atoms with E-state index < -0.39 is 24.0 Å². The molecule has 0 bridgehead atoms. The van der Waals surface area contributed by atoms with E-state index in [1.807, 2.05) is 55.5 Å². The number of rotatable bonds is 8. The van der Waals surface area contributed by atoms with Gasteiger partial charge in [0.05, 0.1) is 11.4 Å². The number of carboxylic acids is 1. The number of carbonyl (C=O) groups excluding carboxylic acids is 2. The molecule has 0 spiro atoms. The Morgan fingerprint density at radius 1 is 0.971 bits per heavy atom. The lowest BCUT2D eigenvalue weighted by molar-refractivity contribution is -0.137. The van der Waals surface area contributed by atoms with Crippen LogP contribution >= 0.6 is 0 Å². The molecular weight excluding hydrogens is 446 g/mol. The lowest BCUT2D eigenvalue weighted by atomic mass is 9.98. The molecule has 0 fully saturated rings. The highest BCUT2D eigenvalue weighted by Crippen LogP contribution is 2.44. The summed E-state index contributed by atoms with van der Waals surface area (Å²) in [6, 6.07) is 18.4. The fraction of sp³-hybridized carbons (Fsp3) is 0.259. The van der Waals surface area contributed by atoms with Crippen molar-refractivity contribution in [1.29, 1.82) is 0 Å². The van der Waals surface area contributed by atoms with Crippen molar-refractivity contribution in [2.75, 3.05) is 11.9 Å². The van der Waals surface area contributed by atoms with Crippen molar-refractivity contribution >= 4 is 23.7 Å². The lowest BCUT2D eigenvalue weighted by Crippen LogP contribution is -2.44. The van der Waals surface area contributed by atoms with E-state index in [9.17, 15) is 14.4 Å². The molecule has 0 saturated carbocycles. The number of amides is 2. The number of carboxylic acid groups (broad SMARTS) is 1.